The summed E-state index contributed by atoms with van der Waals surface area (Å²) in [4.78, 5) is 0.169. The molecule has 34 heavy (non-hydrogen) atoms. The highest BCUT2D eigenvalue weighted by Crippen LogP contribution is 2.44. The number of unbranched alkanes of at least 4 members (excludes halogenated alkanes) is 1. The molecule has 10 heteroatoms. The fourth-order valence-corrected chi connectivity index (χ4v) is 6.10. The zero-order valence-electron chi connectivity index (χ0n) is 19.3. The summed E-state index contributed by atoms with van der Waals surface area (Å²) in [5.41, 5.74) is 1.71. The monoisotopic (exact) mass is 505 g/mol. The third-order valence-corrected chi connectivity index (χ3v) is 8.43. The fraction of sp³-hybridized carbons (Fsp3) is 0.333. The summed E-state index contributed by atoms with van der Waals surface area (Å²) < 4.78 is 69.8. The predicted molar refractivity (Wildman–Crippen MR) is 129 cm³/mol. The van der Waals surface area contributed by atoms with Gasteiger partial charge in [-0.25, -0.2) is 21.1 Å². The Hall–Kier alpha value is -2.98. The third kappa shape index (κ3) is 4.78. The number of hydrogen-bond acceptors (Lipinski definition) is 7. The predicted octanol–water partition coefficient (Wildman–Crippen LogP) is 4.52. The van der Waals surface area contributed by atoms with E-state index < -0.39 is 25.6 Å². The standard InChI is InChI=1S/C24H27NO7S2/c1-4-5-13-25(33(3,26)27)24-23(18-11-12-20-21(14-18)31-16-30-20)17(2)22(32-24)15-34(28,29)19-9-7-6-8-10-19/h6-12,14H,4-5,13,15-16H2,1-3H3. The summed E-state index contributed by atoms with van der Waals surface area (Å²) in [7, 11) is -7.41. The van der Waals surface area contributed by atoms with Crippen LogP contribution in [0, 0.1) is 6.92 Å². The Morgan fingerprint density at radius 2 is 1.68 bits per heavy atom. The van der Waals surface area contributed by atoms with E-state index in [2.05, 4.69) is 0 Å². The molecule has 0 spiro atoms. The first-order valence-corrected chi connectivity index (χ1v) is 14.4. The molecule has 4 rings (SSSR count). The number of benzene rings is 2. The van der Waals surface area contributed by atoms with Crippen molar-refractivity contribution in [3.8, 4) is 22.6 Å². The van der Waals surface area contributed by atoms with Gasteiger partial charge in [-0.05, 0) is 43.2 Å². The van der Waals surface area contributed by atoms with Crippen LogP contribution in [-0.4, -0.2) is 36.4 Å². The number of sulfonamides is 1. The maximum atomic E-state index is 13.1. The summed E-state index contributed by atoms with van der Waals surface area (Å²) in [6.45, 7) is 4.01. The molecule has 1 aliphatic heterocycles. The SMILES string of the molecule is CCCCN(c1oc(CS(=O)(=O)c2ccccc2)c(C)c1-c1ccc2c(c1)OCO2)S(C)(=O)=O. The molecule has 2 aromatic carbocycles. The van der Waals surface area contributed by atoms with Crippen LogP contribution in [0.1, 0.15) is 31.1 Å². The van der Waals surface area contributed by atoms with Gasteiger partial charge in [-0.1, -0.05) is 37.6 Å². The zero-order valence-corrected chi connectivity index (χ0v) is 20.9. The average molecular weight is 506 g/mol. The Bertz CT molecular complexity index is 1390. The van der Waals surface area contributed by atoms with Crippen molar-refractivity contribution in [2.45, 2.75) is 37.3 Å². The Morgan fingerprint density at radius 1 is 0.971 bits per heavy atom. The van der Waals surface area contributed by atoms with Crippen LogP contribution in [-0.2, 0) is 25.6 Å². The van der Waals surface area contributed by atoms with Crippen molar-refractivity contribution in [3.05, 3.63) is 59.9 Å². The molecule has 0 fully saturated rings. The van der Waals surface area contributed by atoms with Gasteiger partial charge in [0, 0.05) is 17.7 Å². The molecule has 0 saturated heterocycles. The number of hydrogen-bond donors (Lipinski definition) is 0. The first kappa shape index (κ1) is 24.2. The minimum atomic E-state index is -3.72. The van der Waals surface area contributed by atoms with Crippen LogP contribution in [0.15, 0.2) is 57.8 Å². The summed E-state index contributed by atoms with van der Waals surface area (Å²) in [5, 5.41) is 0. The molecule has 0 unspecified atom stereocenters. The summed E-state index contributed by atoms with van der Waals surface area (Å²) in [6.07, 6.45) is 2.51. The van der Waals surface area contributed by atoms with E-state index in [0.717, 1.165) is 12.7 Å². The highest BCUT2D eigenvalue weighted by Gasteiger charge is 2.31. The molecule has 0 amide bonds. The topological polar surface area (TPSA) is 103 Å². The number of nitrogens with zero attached hydrogens (tertiary/aromatic N) is 1. The van der Waals surface area contributed by atoms with E-state index >= 15 is 0 Å². The first-order chi connectivity index (χ1) is 16.1. The van der Waals surface area contributed by atoms with Crippen molar-refractivity contribution in [1.82, 2.24) is 0 Å². The van der Waals surface area contributed by atoms with Crippen molar-refractivity contribution in [2.24, 2.45) is 0 Å². The van der Waals surface area contributed by atoms with Crippen molar-refractivity contribution >= 4 is 25.7 Å². The van der Waals surface area contributed by atoms with Gasteiger partial charge in [0.2, 0.25) is 22.7 Å². The lowest BCUT2D eigenvalue weighted by Gasteiger charge is -2.21. The van der Waals surface area contributed by atoms with Crippen LogP contribution in [0.25, 0.3) is 11.1 Å². The minimum Gasteiger partial charge on any atom is -0.454 e. The van der Waals surface area contributed by atoms with Crippen LogP contribution < -0.4 is 13.8 Å². The largest absolute Gasteiger partial charge is 0.454 e. The van der Waals surface area contributed by atoms with Gasteiger partial charge in [-0.3, -0.25) is 0 Å². The van der Waals surface area contributed by atoms with Crippen LogP contribution in [0.3, 0.4) is 0 Å². The van der Waals surface area contributed by atoms with Crippen molar-refractivity contribution in [1.29, 1.82) is 0 Å². The van der Waals surface area contributed by atoms with Crippen LogP contribution in [0.4, 0.5) is 5.88 Å². The minimum absolute atomic E-state index is 0.0997. The van der Waals surface area contributed by atoms with Gasteiger partial charge in [-0.15, -0.1) is 0 Å². The highest BCUT2D eigenvalue weighted by molar-refractivity contribution is 7.92. The summed E-state index contributed by atoms with van der Waals surface area (Å²) in [5.74, 6) is 1.01. The van der Waals surface area contributed by atoms with E-state index in [4.69, 9.17) is 13.9 Å². The lowest BCUT2D eigenvalue weighted by Crippen LogP contribution is -2.31. The number of furan rings is 1. The molecule has 3 aromatic rings. The molecule has 8 nitrogen and oxygen atoms in total. The maximum absolute atomic E-state index is 13.1. The number of ether oxygens (including phenoxy) is 2. The van der Waals surface area contributed by atoms with Gasteiger partial charge in [0.15, 0.2) is 21.3 Å². The molecular weight excluding hydrogens is 478 g/mol. The molecular formula is C24H27NO7S2. The van der Waals surface area contributed by atoms with Gasteiger partial charge in [-0.2, -0.15) is 0 Å². The normalized spacial score (nSPS) is 13.3. The lowest BCUT2D eigenvalue weighted by atomic mass is 10.0. The smallest absolute Gasteiger partial charge is 0.234 e. The van der Waals surface area contributed by atoms with E-state index in [1.165, 1.54) is 16.4 Å². The van der Waals surface area contributed by atoms with Gasteiger partial charge in [0.05, 0.1) is 11.2 Å². The van der Waals surface area contributed by atoms with Gasteiger partial charge in [0.25, 0.3) is 0 Å². The second-order valence-corrected chi connectivity index (χ2v) is 12.1. The Balaban J connectivity index is 1.87. The molecule has 0 radical (unpaired) electrons. The fourth-order valence-electron chi connectivity index (χ4n) is 3.85. The summed E-state index contributed by atoms with van der Waals surface area (Å²) in [6, 6.07) is 13.4. The molecule has 182 valence electrons. The van der Waals surface area contributed by atoms with E-state index in [9.17, 15) is 16.8 Å². The number of sulfone groups is 1. The van der Waals surface area contributed by atoms with Crippen molar-refractivity contribution in [2.75, 3.05) is 23.9 Å². The van der Waals surface area contributed by atoms with E-state index in [1.807, 2.05) is 6.92 Å². The van der Waals surface area contributed by atoms with Gasteiger partial charge >= 0.3 is 0 Å². The number of anilines is 1. The Labute approximate surface area is 200 Å². The zero-order chi connectivity index (χ0) is 24.5. The number of fused-ring (bicyclic) bond motifs is 1. The second-order valence-electron chi connectivity index (χ2n) is 8.16. The van der Waals surface area contributed by atoms with Crippen molar-refractivity contribution < 1.29 is 30.7 Å². The van der Waals surface area contributed by atoms with Crippen LogP contribution in [0.2, 0.25) is 0 Å². The highest BCUT2D eigenvalue weighted by atomic mass is 32.2. The third-order valence-electron chi connectivity index (χ3n) is 5.65. The van der Waals surface area contributed by atoms with Gasteiger partial charge in [0.1, 0.15) is 11.5 Å². The molecule has 0 aliphatic carbocycles. The lowest BCUT2D eigenvalue weighted by molar-refractivity contribution is 0.174. The maximum Gasteiger partial charge on any atom is 0.234 e. The van der Waals surface area contributed by atoms with E-state index in [0.29, 0.717) is 34.6 Å². The molecule has 0 atom stereocenters. The molecule has 0 bridgehead atoms. The molecule has 0 N–H and O–H groups in total. The van der Waals surface area contributed by atoms with Crippen LogP contribution in [0.5, 0.6) is 11.5 Å². The Morgan fingerprint density at radius 3 is 2.35 bits per heavy atom. The number of rotatable bonds is 9. The molecule has 0 saturated carbocycles. The van der Waals surface area contributed by atoms with E-state index in [-0.39, 0.29) is 29.9 Å². The van der Waals surface area contributed by atoms with Gasteiger partial charge < -0.3 is 13.9 Å². The molecule has 1 aliphatic rings. The molecule has 2 heterocycles. The quantitative estimate of drug-likeness (QED) is 0.421. The van der Waals surface area contributed by atoms with Crippen molar-refractivity contribution in [3.63, 3.8) is 0 Å². The first-order valence-electron chi connectivity index (χ1n) is 10.9. The summed E-state index contributed by atoms with van der Waals surface area (Å²) >= 11 is 0. The Kier molecular flexibility index (Phi) is 6.64. The van der Waals surface area contributed by atoms with E-state index in [1.54, 1.807) is 43.3 Å². The molecule has 1 aromatic heterocycles. The second kappa shape index (κ2) is 9.34. The average Bonchev–Trinajstić information content (AvgIpc) is 3.37. The van der Waals surface area contributed by atoms with Crippen LogP contribution >= 0.6 is 0 Å².